The Hall–Kier alpha value is 1.62. The zero-order chi connectivity index (χ0) is 17.8. The molecule has 140 valence electrons. The van der Waals surface area contributed by atoms with Crippen LogP contribution < -0.4 is 0 Å². The van der Waals surface area contributed by atoms with E-state index in [2.05, 4.69) is 0 Å². The van der Waals surface area contributed by atoms with Crippen molar-refractivity contribution in [3.63, 3.8) is 0 Å². The van der Waals surface area contributed by atoms with E-state index in [1.165, 1.54) is 0 Å². The zero-order valence-electron chi connectivity index (χ0n) is 13.0. The summed E-state index contributed by atoms with van der Waals surface area (Å²) in [6.07, 6.45) is 0. The van der Waals surface area contributed by atoms with Crippen molar-refractivity contribution in [1.29, 1.82) is 0 Å². The first kappa shape index (κ1) is 24.6. The molecule has 23 heavy (non-hydrogen) atoms. The summed E-state index contributed by atoms with van der Waals surface area (Å²) < 4.78 is 40.1. The highest BCUT2D eigenvalue weighted by atomic mass is 35.5. The average Bonchev–Trinajstić information content (AvgIpc) is 2.53. The van der Waals surface area contributed by atoms with Gasteiger partial charge in [0, 0.05) is 23.5 Å². The molecule has 0 bridgehead atoms. The molecule has 0 radical (unpaired) electrons. The van der Waals surface area contributed by atoms with Gasteiger partial charge in [0.1, 0.15) is 0 Å². The molecule has 0 unspecified atom stereocenters. The third-order valence-electron chi connectivity index (χ3n) is 2.18. The lowest BCUT2D eigenvalue weighted by Crippen LogP contribution is -2.27. The Kier molecular flexibility index (Phi) is 14.7. The first-order chi connectivity index (χ1) is 10.9. The van der Waals surface area contributed by atoms with Crippen LogP contribution in [0.1, 0.15) is 13.8 Å². The molecule has 0 atom stereocenters. The molecule has 0 heterocycles. The third kappa shape index (κ3) is 9.77. The summed E-state index contributed by atoms with van der Waals surface area (Å²) in [4.78, 5) is 0. The van der Waals surface area contributed by atoms with Crippen LogP contribution in [0.5, 0.6) is 0 Å². The van der Waals surface area contributed by atoms with Crippen molar-refractivity contribution in [3.05, 3.63) is 0 Å². The Labute approximate surface area is 158 Å². The van der Waals surface area contributed by atoms with Gasteiger partial charge in [-0.3, -0.25) is 9.09 Å². The number of hydrogen-bond acceptors (Lipinski definition) is 6. The molecule has 0 fully saturated rings. The van der Waals surface area contributed by atoms with E-state index in [0.717, 1.165) is 0 Å². The van der Waals surface area contributed by atoms with Gasteiger partial charge in [-0.15, -0.1) is 46.4 Å². The summed E-state index contributed by atoms with van der Waals surface area (Å²) in [5, 5.41) is -1.34. The molecule has 6 nitrogen and oxygen atoms in total. The number of hydrogen-bond donors (Lipinski definition) is 0. The van der Waals surface area contributed by atoms with Gasteiger partial charge in [0.2, 0.25) is 0 Å². The van der Waals surface area contributed by atoms with E-state index in [4.69, 9.17) is 69.0 Å². The van der Waals surface area contributed by atoms with Crippen LogP contribution in [0, 0.1) is 0 Å². The molecule has 0 saturated carbocycles. The van der Waals surface area contributed by atoms with E-state index in [-0.39, 0.29) is 49.9 Å². The fraction of sp³-hybridized carbons (Fsp3) is 1.00. The van der Waals surface area contributed by atoms with Crippen LogP contribution in [-0.2, 0) is 27.2 Å². The summed E-state index contributed by atoms with van der Waals surface area (Å²) in [5.74, 6) is 0.834. The maximum absolute atomic E-state index is 13.0. The van der Waals surface area contributed by atoms with Crippen LogP contribution in [0.4, 0.5) is 0 Å². The molecular formula is C11H22Cl4O6P2. The molecule has 12 heteroatoms. The van der Waals surface area contributed by atoms with Crippen molar-refractivity contribution in [2.24, 2.45) is 0 Å². The Morgan fingerprint density at radius 1 is 0.826 bits per heavy atom. The van der Waals surface area contributed by atoms with E-state index in [0.29, 0.717) is 0 Å². The first-order valence-corrected chi connectivity index (χ1v) is 11.5. The molecule has 0 aliphatic rings. The molecule has 0 aliphatic heterocycles. The number of alkyl halides is 4. The van der Waals surface area contributed by atoms with Crippen molar-refractivity contribution in [2.45, 2.75) is 19.2 Å². The fourth-order valence-electron chi connectivity index (χ4n) is 1.20. The molecule has 0 rings (SSSR count). The van der Waals surface area contributed by atoms with Crippen LogP contribution in [0.3, 0.4) is 0 Å². The third-order valence-corrected chi connectivity index (χ3v) is 6.79. The van der Waals surface area contributed by atoms with Gasteiger partial charge in [-0.05, 0) is 13.8 Å². The van der Waals surface area contributed by atoms with Gasteiger partial charge in [0.25, 0.3) is 0 Å². The minimum Gasteiger partial charge on any atom is -0.311 e. The second-order valence-corrected chi connectivity index (χ2v) is 9.59. The quantitative estimate of drug-likeness (QED) is 0.251. The maximum atomic E-state index is 13.0. The van der Waals surface area contributed by atoms with E-state index in [1.807, 2.05) is 0 Å². The van der Waals surface area contributed by atoms with Gasteiger partial charge in [0.05, 0.1) is 26.4 Å². The van der Waals surface area contributed by atoms with Crippen molar-refractivity contribution in [3.8, 4) is 0 Å². The van der Waals surface area contributed by atoms with Crippen LogP contribution in [0.2, 0.25) is 0 Å². The van der Waals surface area contributed by atoms with Crippen LogP contribution >= 0.6 is 62.6 Å². The highest BCUT2D eigenvalue weighted by molar-refractivity contribution is 7.56. The predicted octanol–water partition coefficient (Wildman–Crippen LogP) is 5.18. The van der Waals surface area contributed by atoms with Crippen LogP contribution in [-0.4, -0.2) is 55.3 Å². The smallest absolute Gasteiger partial charge is 0.311 e. The maximum Gasteiger partial charge on any atom is 0.362 e. The summed E-state index contributed by atoms with van der Waals surface area (Å²) in [7, 11) is -5.50. The molecule has 0 aliphatic carbocycles. The molecule has 0 saturated heterocycles. The Morgan fingerprint density at radius 2 is 1.22 bits per heavy atom. The molecular weight excluding hydrogens is 432 g/mol. The molecule has 0 N–H and O–H groups in total. The number of halogens is 4. The zero-order valence-corrected chi connectivity index (χ0v) is 17.8. The van der Waals surface area contributed by atoms with E-state index >= 15 is 0 Å². The standard InChI is InChI=1S/C11H22Cl4O6P2/c1-11(2,21-22(17-7-3-12)18-8-4-13)23(16,19-9-5-14)20-10-6-15/h3-10H2,1-2H3. The lowest BCUT2D eigenvalue weighted by molar-refractivity contribution is 0.0804. The minimum atomic E-state index is -3.67. The van der Waals surface area contributed by atoms with Gasteiger partial charge in [0.15, 0.2) is 5.34 Å². The monoisotopic (exact) mass is 452 g/mol. The van der Waals surface area contributed by atoms with Gasteiger partial charge in [-0.2, -0.15) is 0 Å². The first-order valence-electron chi connectivity index (χ1n) is 6.75. The summed E-state index contributed by atoms with van der Waals surface area (Å²) >= 11 is 22.4. The van der Waals surface area contributed by atoms with E-state index < -0.39 is 21.5 Å². The van der Waals surface area contributed by atoms with Crippen LogP contribution in [0.15, 0.2) is 0 Å². The second kappa shape index (κ2) is 13.8. The summed E-state index contributed by atoms with van der Waals surface area (Å²) in [6, 6.07) is 0. The Bertz CT molecular complexity index is 330. The highest BCUT2D eigenvalue weighted by Crippen LogP contribution is 2.64. The van der Waals surface area contributed by atoms with Gasteiger partial charge < -0.3 is 18.1 Å². The fourth-order valence-corrected chi connectivity index (χ4v) is 4.92. The lowest BCUT2D eigenvalue weighted by atomic mass is 10.5. The highest BCUT2D eigenvalue weighted by Gasteiger charge is 2.47. The van der Waals surface area contributed by atoms with Crippen molar-refractivity contribution < 1.29 is 27.2 Å². The van der Waals surface area contributed by atoms with Gasteiger partial charge in [-0.25, -0.2) is 0 Å². The van der Waals surface area contributed by atoms with Gasteiger partial charge in [-0.1, -0.05) is 0 Å². The Balaban J connectivity index is 5.01. The second-order valence-electron chi connectivity index (χ2n) is 4.35. The van der Waals surface area contributed by atoms with Crippen molar-refractivity contribution in [1.82, 2.24) is 0 Å². The Morgan fingerprint density at radius 3 is 1.57 bits per heavy atom. The van der Waals surface area contributed by atoms with E-state index in [1.54, 1.807) is 13.8 Å². The number of rotatable bonds is 15. The summed E-state index contributed by atoms with van der Waals surface area (Å²) in [6.45, 7) is 3.61. The summed E-state index contributed by atoms with van der Waals surface area (Å²) in [5.41, 5.74) is 0. The molecule has 0 spiro atoms. The predicted molar refractivity (Wildman–Crippen MR) is 96.4 cm³/mol. The average molecular weight is 454 g/mol. The topological polar surface area (TPSA) is 63.2 Å². The van der Waals surface area contributed by atoms with Crippen LogP contribution in [0.25, 0.3) is 0 Å². The molecule has 0 aromatic carbocycles. The molecule has 0 aromatic rings. The van der Waals surface area contributed by atoms with Crippen molar-refractivity contribution in [2.75, 3.05) is 49.9 Å². The SMILES string of the molecule is CC(C)(OP(OCCCl)OCCCl)P(=O)(OCCCl)OCCCl. The molecule has 0 aromatic heterocycles. The normalized spacial score (nSPS) is 13.0. The largest absolute Gasteiger partial charge is 0.362 e. The van der Waals surface area contributed by atoms with Crippen molar-refractivity contribution >= 4 is 62.6 Å². The molecule has 0 amide bonds. The van der Waals surface area contributed by atoms with Gasteiger partial charge >= 0.3 is 16.2 Å². The minimum absolute atomic E-state index is 0.0386. The van der Waals surface area contributed by atoms with E-state index in [9.17, 15) is 4.57 Å². The lowest BCUT2D eigenvalue weighted by Gasteiger charge is -2.34.